The first-order valence-corrected chi connectivity index (χ1v) is 7.64. The molecule has 0 aliphatic heterocycles. The van der Waals surface area contributed by atoms with Crippen LogP contribution in [0.1, 0.15) is 27.2 Å². The molecule has 0 aliphatic rings. The Morgan fingerprint density at radius 2 is 2.05 bits per heavy atom. The van der Waals surface area contributed by atoms with Crippen LogP contribution >= 0.6 is 23.2 Å². The molecule has 0 aliphatic carbocycles. The molecular weight excluding hydrogens is 297 g/mol. The summed E-state index contributed by atoms with van der Waals surface area (Å²) in [6.07, 6.45) is 1.23. The molecule has 0 bridgehead atoms. The maximum absolute atomic E-state index is 6.21. The lowest BCUT2D eigenvalue weighted by atomic mass is 10.4. The van der Waals surface area contributed by atoms with Gasteiger partial charge in [0, 0.05) is 20.1 Å². The van der Waals surface area contributed by atoms with Gasteiger partial charge in [-0.15, -0.1) is 0 Å². The van der Waals surface area contributed by atoms with Crippen molar-refractivity contribution >= 4 is 34.8 Å². The van der Waals surface area contributed by atoms with Crippen LogP contribution in [0.3, 0.4) is 0 Å². The lowest BCUT2D eigenvalue weighted by molar-refractivity contribution is 0.0845. The Bertz CT molecular complexity index is 427. The van der Waals surface area contributed by atoms with Crippen LogP contribution in [0.25, 0.3) is 0 Å². The van der Waals surface area contributed by atoms with E-state index in [1.807, 2.05) is 25.8 Å². The molecule has 114 valence electrons. The van der Waals surface area contributed by atoms with Crippen LogP contribution in [0.5, 0.6) is 0 Å². The summed E-state index contributed by atoms with van der Waals surface area (Å²) < 4.78 is 5.54. The molecule has 0 unspecified atom stereocenters. The van der Waals surface area contributed by atoms with E-state index in [4.69, 9.17) is 27.9 Å². The molecule has 1 heterocycles. The molecule has 20 heavy (non-hydrogen) atoms. The molecule has 0 saturated heterocycles. The third kappa shape index (κ3) is 5.35. The third-order valence-electron chi connectivity index (χ3n) is 2.69. The molecule has 0 fully saturated rings. The Morgan fingerprint density at radius 1 is 1.35 bits per heavy atom. The number of halogens is 2. The Morgan fingerprint density at radius 3 is 2.65 bits per heavy atom. The van der Waals surface area contributed by atoms with E-state index >= 15 is 0 Å². The summed E-state index contributed by atoms with van der Waals surface area (Å²) >= 11 is 12.3. The SMILES string of the molecule is CCCNc1nc(N(C)CCOC(C)C)c(Cl)cc1Cl. The van der Waals surface area contributed by atoms with Gasteiger partial charge in [0.1, 0.15) is 11.6 Å². The van der Waals surface area contributed by atoms with Crippen LogP contribution in [0.4, 0.5) is 11.6 Å². The first-order chi connectivity index (χ1) is 9.45. The summed E-state index contributed by atoms with van der Waals surface area (Å²) in [5.74, 6) is 1.38. The topological polar surface area (TPSA) is 37.4 Å². The number of nitrogens with zero attached hydrogens (tertiary/aromatic N) is 2. The Balaban J connectivity index is 2.76. The van der Waals surface area contributed by atoms with Gasteiger partial charge in [0.2, 0.25) is 0 Å². The number of likely N-dealkylation sites (N-methyl/N-ethyl adjacent to an activating group) is 1. The van der Waals surface area contributed by atoms with Crippen LogP contribution in [0, 0.1) is 0 Å². The fraction of sp³-hybridized carbons (Fsp3) is 0.643. The molecule has 1 N–H and O–H groups in total. The first kappa shape index (κ1) is 17.3. The van der Waals surface area contributed by atoms with Crippen molar-refractivity contribution in [1.82, 2.24) is 4.98 Å². The minimum atomic E-state index is 0.221. The number of anilines is 2. The average Bonchev–Trinajstić information content (AvgIpc) is 2.37. The van der Waals surface area contributed by atoms with Crippen molar-refractivity contribution in [2.75, 3.05) is 37.0 Å². The minimum Gasteiger partial charge on any atom is -0.377 e. The number of aromatic nitrogens is 1. The van der Waals surface area contributed by atoms with Gasteiger partial charge >= 0.3 is 0 Å². The normalized spacial score (nSPS) is 10.9. The lowest BCUT2D eigenvalue weighted by Crippen LogP contribution is -2.25. The number of ether oxygens (including phenoxy) is 1. The number of rotatable bonds is 8. The van der Waals surface area contributed by atoms with Crippen LogP contribution < -0.4 is 10.2 Å². The van der Waals surface area contributed by atoms with Crippen molar-refractivity contribution in [3.8, 4) is 0 Å². The van der Waals surface area contributed by atoms with Gasteiger partial charge in [-0.05, 0) is 26.3 Å². The van der Waals surface area contributed by atoms with E-state index < -0.39 is 0 Å². The molecule has 0 atom stereocenters. The maximum atomic E-state index is 6.21. The zero-order chi connectivity index (χ0) is 15.1. The van der Waals surface area contributed by atoms with E-state index in [1.54, 1.807) is 6.07 Å². The van der Waals surface area contributed by atoms with Crippen LogP contribution in [-0.4, -0.2) is 37.8 Å². The molecule has 1 aromatic rings. The maximum Gasteiger partial charge on any atom is 0.149 e. The highest BCUT2D eigenvalue weighted by Crippen LogP contribution is 2.30. The second kappa shape index (κ2) is 8.55. The summed E-state index contributed by atoms with van der Waals surface area (Å²) in [5, 5.41) is 4.29. The fourth-order valence-corrected chi connectivity index (χ4v) is 2.19. The second-order valence-corrected chi connectivity index (χ2v) is 5.71. The summed E-state index contributed by atoms with van der Waals surface area (Å²) in [7, 11) is 1.94. The van der Waals surface area contributed by atoms with Gasteiger partial charge in [-0.3, -0.25) is 0 Å². The predicted molar refractivity (Wildman–Crippen MR) is 87.4 cm³/mol. The smallest absolute Gasteiger partial charge is 0.149 e. The molecule has 1 aromatic heterocycles. The molecule has 4 nitrogen and oxygen atoms in total. The zero-order valence-corrected chi connectivity index (χ0v) is 14.1. The lowest BCUT2D eigenvalue weighted by Gasteiger charge is -2.21. The number of pyridine rings is 1. The van der Waals surface area contributed by atoms with Crippen molar-refractivity contribution in [1.29, 1.82) is 0 Å². The summed E-state index contributed by atoms with van der Waals surface area (Å²) in [5.41, 5.74) is 0. The summed E-state index contributed by atoms with van der Waals surface area (Å²) in [6.45, 7) is 8.30. The van der Waals surface area contributed by atoms with Crippen LogP contribution in [0.2, 0.25) is 10.0 Å². The minimum absolute atomic E-state index is 0.221. The fourth-order valence-electron chi connectivity index (χ4n) is 1.62. The Kier molecular flexibility index (Phi) is 7.41. The van der Waals surface area contributed by atoms with Gasteiger partial charge in [-0.1, -0.05) is 30.1 Å². The molecule has 0 saturated carbocycles. The van der Waals surface area contributed by atoms with E-state index in [-0.39, 0.29) is 6.10 Å². The van der Waals surface area contributed by atoms with Crippen molar-refractivity contribution in [3.05, 3.63) is 16.1 Å². The number of nitrogens with one attached hydrogen (secondary N) is 1. The second-order valence-electron chi connectivity index (χ2n) is 4.89. The summed E-state index contributed by atoms with van der Waals surface area (Å²) in [4.78, 5) is 6.47. The van der Waals surface area contributed by atoms with Crippen molar-refractivity contribution in [2.24, 2.45) is 0 Å². The summed E-state index contributed by atoms with van der Waals surface area (Å²) in [6, 6.07) is 1.73. The van der Waals surface area contributed by atoms with Crippen molar-refractivity contribution in [3.63, 3.8) is 0 Å². The highest BCUT2D eigenvalue weighted by atomic mass is 35.5. The molecule has 0 amide bonds. The van der Waals surface area contributed by atoms with Crippen LogP contribution in [0.15, 0.2) is 6.07 Å². The highest BCUT2D eigenvalue weighted by molar-refractivity contribution is 6.37. The molecular formula is C14H23Cl2N3O. The molecule has 6 heteroatoms. The number of hydrogen-bond acceptors (Lipinski definition) is 4. The Hall–Kier alpha value is -0.710. The molecule has 0 radical (unpaired) electrons. The molecule has 0 aromatic carbocycles. The van der Waals surface area contributed by atoms with E-state index in [2.05, 4.69) is 17.2 Å². The van der Waals surface area contributed by atoms with E-state index in [0.717, 1.165) is 19.5 Å². The highest BCUT2D eigenvalue weighted by Gasteiger charge is 2.12. The van der Waals surface area contributed by atoms with E-state index in [1.165, 1.54) is 0 Å². The van der Waals surface area contributed by atoms with Gasteiger partial charge in [0.05, 0.1) is 22.8 Å². The van der Waals surface area contributed by atoms with Gasteiger partial charge < -0.3 is 15.0 Å². The zero-order valence-electron chi connectivity index (χ0n) is 12.5. The van der Waals surface area contributed by atoms with Gasteiger partial charge in [0.15, 0.2) is 0 Å². The first-order valence-electron chi connectivity index (χ1n) is 6.88. The van der Waals surface area contributed by atoms with Gasteiger partial charge in [0.25, 0.3) is 0 Å². The quantitative estimate of drug-likeness (QED) is 0.783. The van der Waals surface area contributed by atoms with Crippen molar-refractivity contribution < 1.29 is 4.74 Å². The number of hydrogen-bond donors (Lipinski definition) is 1. The van der Waals surface area contributed by atoms with Crippen LogP contribution in [-0.2, 0) is 4.74 Å². The largest absolute Gasteiger partial charge is 0.377 e. The van der Waals surface area contributed by atoms with E-state index in [9.17, 15) is 0 Å². The third-order valence-corrected chi connectivity index (χ3v) is 3.26. The van der Waals surface area contributed by atoms with Gasteiger partial charge in [-0.25, -0.2) is 4.98 Å². The molecule has 1 rings (SSSR count). The predicted octanol–water partition coefficient (Wildman–Crippen LogP) is 4.07. The standard InChI is InChI=1S/C14H23Cl2N3O/c1-5-6-17-13-11(15)9-12(16)14(18-13)19(4)7-8-20-10(2)3/h9-10H,5-8H2,1-4H3,(H,17,18). The van der Waals surface area contributed by atoms with Gasteiger partial charge in [-0.2, -0.15) is 0 Å². The Labute approximate surface area is 131 Å². The van der Waals surface area contributed by atoms with E-state index in [0.29, 0.717) is 28.3 Å². The molecule has 0 spiro atoms. The monoisotopic (exact) mass is 319 g/mol. The average molecular weight is 320 g/mol. The van der Waals surface area contributed by atoms with Crippen molar-refractivity contribution in [2.45, 2.75) is 33.3 Å².